The molecule has 5 rings (SSSR count). The highest BCUT2D eigenvalue weighted by Crippen LogP contribution is 2.40. The lowest BCUT2D eigenvalue weighted by Crippen LogP contribution is -2.35. The second-order valence-electron chi connectivity index (χ2n) is 7.34. The van der Waals surface area contributed by atoms with Crippen LogP contribution in [0, 0.1) is 0 Å². The Hall–Kier alpha value is -3.02. The van der Waals surface area contributed by atoms with E-state index in [9.17, 15) is 8.42 Å². The number of hydrogen-bond acceptors (Lipinski definition) is 7. The van der Waals surface area contributed by atoms with Gasteiger partial charge in [0.05, 0.1) is 16.5 Å². The molecule has 0 atom stereocenters. The standard InChI is InChI=1S/C20H18N2O3S3.C5H5N.H2O/c23-28(24,25)14-6-13-22-16-8-2-4-10-18(16)27-20(22)12-5-11-19-21-15-7-1-3-9-17(15)26-19;1-2-4-6-5-3-1;/h1-5,7-12H,6,13-14H2,(H,23,24,25);1-5H;1H2. The van der Waals surface area contributed by atoms with E-state index in [0.717, 1.165) is 25.9 Å². The molecule has 1 aliphatic heterocycles. The molecule has 35 heavy (non-hydrogen) atoms. The Kier molecular flexibility index (Phi) is 9.58. The molecule has 0 saturated carbocycles. The number of nitrogens with zero attached hydrogens (tertiary/aromatic N) is 2. The minimum Gasteiger partial charge on any atom is -0.870 e. The summed E-state index contributed by atoms with van der Waals surface area (Å²) in [4.78, 5) is 5.00. The maximum atomic E-state index is 11.0. The Morgan fingerprint density at radius 1 is 1.00 bits per heavy atom. The molecule has 1 aliphatic rings. The summed E-state index contributed by atoms with van der Waals surface area (Å²) in [5.41, 5.74) is 2.19. The third kappa shape index (κ3) is 7.74. The first-order chi connectivity index (χ1) is 16.5. The predicted molar refractivity (Wildman–Crippen MR) is 142 cm³/mol. The number of para-hydroxylation sites is 2. The van der Waals surface area contributed by atoms with Gasteiger partial charge in [0.1, 0.15) is 4.70 Å². The van der Waals surface area contributed by atoms with Gasteiger partial charge in [-0.1, -0.05) is 59.5 Å². The van der Waals surface area contributed by atoms with Gasteiger partial charge in [0.15, 0.2) is 6.54 Å². The maximum Gasteiger partial charge on any atom is 0.265 e. The van der Waals surface area contributed by atoms with Crippen LogP contribution in [0.15, 0.2) is 101 Å². The van der Waals surface area contributed by atoms with Crippen molar-refractivity contribution in [3.8, 4) is 0 Å². The zero-order valence-corrected chi connectivity index (χ0v) is 21.1. The molecule has 2 aromatic carbocycles. The molecule has 0 saturated heterocycles. The van der Waals surface area contributed by atoms with Crippen LogP contribution in [0.5, 0.6) is 0 Å². The molecule has 0 fully saturated rings. The third-order valence-corrected chi connectivity index (χ3v) is 7.81. The Morgan fingerprint density at radius 3 is 2.43 bits per heavy atom. The Balaban J connectivity index is 0.000000429. The van der Waals surface area contributed by atoms with Gasteiger partial charge in [0.25, 0.3) is 15.1 Å². The van der Waals surface area contributed by atoms with E-state index in [-0.39, 0.29) is 11.2 Å². The van der Waals surface area contributed by atoms with Crippen LogP contribution in [0.1, 0.15) is 11.4 Å². The minimum atomic E-state index is -3.95. The zero-order valence-electron chi connectivity index (χ0n) is 18.7. The van der Waals surface area contributed by atoms with Crippen molar-refractivity contribution in [3.05, 3.63) is 101 Å². The third-order valence-electron chi connectivity index (χ3n) is 4.84. The van der Waals surface area contributed by atoms with Crippen LogP contribution in [0.4, 0.5) is 5.69 Å². The van der Waals surface area contributed by atoms with Crippen molar-refractivity contribution in [2.75, 3.05) is 11.1 Å². The number of hydrogen-bond donors (Lipinski definition) is 2. The van der Waals surface area contributed by atoms with Crippen molar-refractivity contribution in [1.29, 1.82) is 0 Å². The average Bonchev–Trinajstić information content (AvgIpc) is 3.41. The van der Waals surface area contributed by atoms with Crippen molar-refractivity contribution < 1.29 is 23.0 Å². The van der Waals surface area contributed by atoms with Gasteiger partial charge in [0, 0.05) is 35.9 Å². The summed E-state index contributed by atoms with van der Waals surface area (Å²) in [6, 6.07) is 22.0. The molecular weight excluding hydrogens is 502 g/mol. The Labute approximate surface area is 212 Å². The number of fused-ring (bicyclic) bond motifs is 2. The predicted octanol–water partition coefficient (Wildman–Crippen LogP) is 5.44. The normalized spacial score (nSPS) is 13.7. The minimum absolute atomic E-state index is 0. The van der Waals surface area contributed by atoms with Gasteiger partial charge < -0.3 is 10.8 Å². The van der Waals surface area contributed by atoms with E-state index in [1.807, 2.05) is 66.8 Å². The number of pyridine rings is 1. The Morgan fingerprint density at radius 2 is 1.74 bits per heavy atom. The van der Waals surface area contributed by atoms with Crippen LogP contribution in [-0.2, 0) is 16.7 Å². The van der Waals surface area contributed by atoms with Gasteiger partial charge in [0.2, 0.25) is 5.52 Å². The fraction of sp³-hybridized carbons (Fsp3) is 0.120. The number of rotatable bonds is 6. The highest BCUT2D eigenvalue weighted by Gasteiger charge is 2.19. The molecule has 0 amide bonds. The van der Waals surface area contributed by atoms with Gasteiger partial charge in [-0.25, -0.2) is 0 Å². The summed E-state index contributed by atoms with van der Waals surface area (Å²) >= 11 is 3.36. The van der Waals surface area contributed by atoms with Crippen molar-refractivity contribution in [1.82, 2.24) is 4.98 Å². The van der Waals surface area contributed by atoms with E-state index in [1.54, 1.807) is 35.5 Å². The lowest BCUT2D eigenvalue weighted by atomic mass is 10.3. The summed E-state index contributed by atoms with van der Waals surface area (Å²) in [7, 11) is -3.95. The number of aryl methyl sites for hydroxylation is 1. The number of anilines is 1. The van der Waals surface area contributed by atoms with E-state index in [0.29, 0.717) is 13.0 Å². The molecule has 3 N–H and O–H groups in total. The van der Waals surface area contributed by atoms with Gasteiger partial charge in [-0.3, -0.25) is 9.54 Å². The van der Waals surface area contributed by atoms with Crippen LogP contribution in [0.25, 0.3) is 16.3 Å². The zero-order chi connectivity index (χ0) is 23.8. The first kappa shape index (κ1) is 26.6. The van der Waals surface area contributed by atoms with E-state index in [4.69, 9.17) is 4.55 Å². The van der Waals surface area contributed by atoms with Crippen LogP contribution < -0.4 is 9.88 Å². The topological polar surface area (TPSA) is 113 Å². The fourth-order valence-corrected chi connectivity index (χ4v) is 5.87. The molecule has 10 heteroatoms. The van der Waals surface area contributed by atoms with Crippen LogP contribution in [-0.4, -0.2) is 29.2 Å². The second kappa shape index (κ2) is 12.6. The van der Waals surface area contributed by atoms with Gasteiger partial charge in [-0.05, 0) is 36.4 Å². The first-order valence-electron chi connectivity index (χ1n) is 10.6. The summed E-state index contributed by atoms with van der Waals surface area (Å²) in [6.07, 6.45) is 9.94. The highest BCUT2D eigenvalue weighted by atomic mass is 32.2. The largest absolute Gasteiger partial charge is 0.870 e. The monoisotopic (exact) mass is 527 g/mol. The van der Waals surface area contributed by atoms with Gasteiger partial charge in [-0.15, -0.1) is 0 Å². The van der Waals surface area contributed by atoms with Crippen LogP contribution >= 0.6 is 23.1 Å². The molecular formula is C25H25N3O4S3. The van der Waals surface area contributed by atoms with Crippen molar-refractivity contribution in [2.45, 2.75) is 17.9 Å². The van der Waals surface area contributed by atoms with Gasteiger partial charge in [-0.2, -0.15) is 13.0 Å². The number of benzene rings is 2. The molecule has 182 valence electrons. The molecule has 0 aliphatic carbocycles. The molecule has 4 aromatic rings. The van der Waals surface area contributed by atoms with Crippen LogP contribution in [0.2, 0.25) is 0 Å². The number of nitrogens with one attached hydrogen (secondary N) is 1. The lowest BCUT2D eigenvalue weighted by molar-refractivity contribution is -0.668. The molecule has 0 spiro atoms. The number of thiazole rings is 1. The van der Waals surface area contributed by atoms with E-state index >= 15 is 0 Å². The second-order valence-corrected chi connectivity index (χ2v) is 11.1. The lowest BCUT2D eigenvalue weighted by Gasteiger charge is -1.97. The molecule has 3 heterocycles. The molecule has 7 nitrogen and oxygen atoms in total. The molecule has 2 aromatic heterocycles. The summed E-state index contributed by atoms with van der Waals surface area (Å²) in [5, 5.41) is 5.49. The van der Waals surface area contributed by atoms with Crippen molar-refractivity contribution in [2.24, 2.45) is 0 Å². The maximum absolute atomic E-state index is 11.0. The molecule has 0 unspecified atom stereocenters. The fourth-order valence-electron chi connectivity index (χ4n) is 3.35. The summed E-state index contributed by atoms with van der Waals surface area (Å²) in [5.74, 6) is -0.240. The van der Waals surface area contributed by atoms with E-state index < -0.39 is 10.1 Å². The number of thioether (sulfide) groups is 1. The molecule has 0 radical (unpaired) electrons. The molecule has 0 bridgehead atoms. The van der Waals surface area contributed by atoms with Crippen LogP contribution in [0.3, 0.4) is 0 Å². The smallest absolute Gasteiger partial charge is 0.265 e. The SMILES string of the molecule is O=S(=O)(O)CCC[n+]1c(C=CC=C2Nc3ccccc3S2)sc2ccccc21.[OH-].c1ccncc1. The quantitative estimate of drug-likeness (QED) is 0.253. The Bertz CT molecular complexity index is 1360. The summed E-state index contributed by atoms with van der Waals surface area (Å²) < 4.78 is 34.3. The average molecular weight is 528 g/mol. The van der Waals surface area contributed by atoms with Crippen molar-refractivity contribution >= 4 is 55.2 Å². The van der Waals surface area contributed by atoms with E-state index in [1.165, 1.54) is 4.90 Å². The first-order valence-corrected chi connectivity index (χ1v) is 13.9. The summed E-state index contributed by atoms with van der Waals surface area (Å²) in [6.45, 7) is 0.526. The van der Waals surface area contributed by atoms with Gasteiger partial charge >= 0.3 is 0 Å². The van der Waals surface area contributed by atoms with Crippen molar-refractivity contribution in [3.63, 3.8) is 0 Å². The van der Waals surface area contributed by atoms with E-state index in [2.05, 4.69) is 33.1 Å². The highest BCUT2D eigenvalue weighted by molar-refractivity contribution is 8.03. The number of aromatic nitrogens is 2. The number of allylic oxidation sites excluding steroid dienone is 2.